The van der Waals surface area contributed by atoms with Gasteiger partial charge < -0.3 is 5.73 Å². The summed E-state index contributed by atoms with van der Waals surface area (Å²) in [5.41, 5.74) is 13.0. The monoisotopic (exact) mass is 211 g/mol. The van der Waals surface area contributed by atoms with Crippen LogP contribution in [0, 0.1) is 20.8 Å². The van der Waals surface area contributed by atoms with E-state index in [4.69, 9.17) is 5.73 Å². The maximum absolute atomic E-state index is 5.77. The maximum atomic E-state index is 5.77. The molecule has 0 aromatic heterocycles. The van der Waals surface area contributed by atoms with Crippen molar-refractivity contribution in [3.8, 4) is 11.1 Å². The second kappa shape index (κ2) is 4.01. The largest absolute Gasteiger partial charge is 0.399 e. The van der Waals surface area contributed by atoms with Gasteiger partial charge in [-0.2, -0.15) is 0 Å². The van der Waals surface area contributed by atoms with Gasteiger partial charge in [0.1, 0.15) is 0 Å². The molecular weight excluding hydrogens is 194 g/mol. The topological polar surface area (TPSA) is 26.0 Å². The predicted molar refractivity (Wildman–Crippen MR) is 70.5 cm³/mol. The van der Waals surface area contributed by atoms with Crippen LogP contribution in [0.15, 0.2) is 36.4 Å². The first-order valence-corrected chi connectivity index (χ1v) is 5.51. The van der Waals surface area contributed by atoms with Crippen molar-refractivity contribution in [2.75, 3.05) is 5.73 Å². The van der Waals surface area contributed by atoms with E-state index >= 15 is 0 Å². The maximum Gasteiger partial charge on any atom is 0.0317 e. The second-order valence-corrected chi connectivity index (χ2v) is 4.39. The fourth-order valence-corrected chi connectivity index (χ4v) is 2.10. The van der Waals surface area contributed by atoms with Crippen LogP contribution in [0.2, 0.25) is 0 Å². The van der Waals surface area contributed by atoms with Crippen LogP contribution < -0.4 is 5.73 Å². The van der Waals surface area contributed by atoms with Gasteiger partial charge in [-0.15, -0.1) is 0 Å². The number of rotatable bonds is 1. The first-order chi connectivity index (χ1) is 7.58. The van der Waals surface area contributed by atoms with E-state index in [0.717, 1.165) is 5.69 Å². The minimum absolute atomic E-state index is 0.825. The van der Waals surface area contributed by atoms with E-state index in [1.54, 1.807) is 0 Å². The van der Waals surface area contributed by atoms with Crippen LogP contribution in [0.3, 0.4) is 0 Å². The van der Waals surface area contributed by atoms with Crippen LogP contribution in [-0.4, -0.2) is 0 Å². The van der Waals surface area contributed by atoms with Gasteiger partial charge in [-0.3, -0.25) is 0 Å². The summed E-state index contributed by atoms with van der Waals surface area (Å²) in [7, 11) is 0. The Kier molecular flexibility index (Phi) is 2.69. The lowest BCUT2D eigenvalue weighted by atomic mass is 9.95. The van der Waals surface area contributed by atoms with E-state index in [9.17, 15) is 0 Å². The highest BCUT2D eigenvalue weighted by Gasteiger charge is 2.05. The number of hydrogen-bond acceptors (Lipinski definition) is 1. The van der Waals surface area contributed by atoms with Crippen molar-refractivity contribution >= 4 is 5.69 Å². The summed E-state index contributed by atoms with van der Waals surface area (Å²) >= 11 is 0. The van der Waals surface area contributed by atoms with Gasteiger partial charge in [0, 0.05) is 5.69 Å². The summed E-state index contributed by atoms with van der Waals surface area (Å²) in [6, 6.07) is 12.6. The molecule has 0 heterocycles. The molecule has 2 aromatic carbocycles. The molecular formula is C15H17N. The van der Waals surface area contributed by atoms with Crippen molar-refractivity contribution < 1.29 is 0 Å². The molecule has 0 aliphatic rings. The molecule has 1 heteroatoms. The molecule has 0 saturated carbocycles. The summed E-state index contributed by atoms with van der Waals surface area (Å²) in [6.45, 7) is 6.37. The molecule has 1 nitrogen and oxygen atoms in total. The SMILES string of the molecule is Cc1ccc(-c2ccc(N)cc2C)c(C)c1. The smallest absolute Gasteiger partial charge is 0.0317 e. The third kappa shape index (κ3) is 1.94. The van der Waals surface area contributed by atoms with Crippen molar-refractivity contribution in [1.29, 1.82) is 0 Å². The molecule has 0 saturated heterocycles. The van der Waals surface area contributed by atoms with E-state index < -0.39 is 0 Å². The zero-order valence-electron chi connectivity index (χ0n) is 10.0. The number of benzene rings is 2. The molecule has 0 radical (unpaired) electrons. The third-order valence-electron chi connectivity index (χ3n) is 2.92. The van der Waals surface area contributed by atoms with Crippen LogP contribution >= 0.6 is 0 Å². The summed E-state index contributed by atoms with van der Waals surface area (Å²) in [5.74, 6) is 0. The fraction of sp³-hybridized carbons (Fsp3) is 0.200. The molecule has 0 aliphatic carbocycles. The summed E-state index contributed by atoms with van der Waals surface area (Å²) < 4.78 is 0. The van der Waals surface area contributed by atoms with E-state index in [1.807, 2.05) is 12.1 Å². The molecule has 2 aromatic rings. The lowest BCUT2D eigenvalue weighted by Gasteiger charge is -2.10. The van der Waals surface area contributed by atoms with E-state index in [2.05, 4.69) is 45.0 Å². The van der Waals surface area contributed by atoms with Crippen molar-refractivity contribution in [3.63, 3.8) is 0 Å². The van der Waals surface area contributed by atoms with Crippen LogP contribution in [0.25, 0.3) is 11.1 Å². The molecule has 2 rings (SSSR count). The standard InChI is InChI=1S/C15H17N/c1-10-4-6-14(11(2)8-10)15-7-5-13(16)9-12(15)3/h4-9H,16H2,1-3H3. The molecule has 16 heavy (non-hydrogen) atoms. The summed E-state index contributed by atoms with van der Waals surface area (Å²) in [5, 5.41) is 0. The molecule has 0 aliphatic heterocycles. The predicted octanol–water partition coefficient (Wildman–Crippen LogP) is 3.86. The number of nitrogens with two attached hydrogens (primary N) is 1. The molecule has 0 fully saturated rings. The van der Waals surface area contributed by atoms with Crippen LogP contribution in [0.5, 0.6) is 0 Å². The van der Waals surface area contributed by atoms with E-state index in [-0.39, 0.29) is 0 Å². The lowest BCUT2D eigenvalue weighted by Crippen LogP contribution is -1.90. The second-order valence-electron chi connectivity index (χ2n) is 4.39. The minimum atomic E-state index is 0.825. The Balaban J connectivity index is 2.59. The molecule has 0 atom stereocenters. The summed E-state index contributed by atoms with van der Waals surface area (Å²) in [6.07, 6.45) is 0. The van der Waals surface area contributed by atoms with Gasteiger partial charge in [-0.1, -0.05) is 29.8 Å². The van der Waals surface area contributed by atoms with Crippen LogP contribution in [0.4, 0.5) is 5.69 Å². The number of aryl methyl sites for hydroxylation is 3. The fourth-order valence-electron chi connectivity index (χ4n) is 2.10. The van der Waals surface area contributed by atoms with Gasteiger partial charge in [0.05, 0.1) is 0 Å². The molecule has 0 spiro atoms. The van der Waals surface area contributed by atoms with Gasteiger partial charge in [0.25, 0.3) is 0 Å². The Morgan fingerprint density at radius 1 is 0.750 bits per heavy atom. The molecule has 0 bridgehead atoms. The Bertz CT molecular complexity index is 477. The van der Waals surface area contributed by atoms with Gasteiger partial charge in [0.2, 0.25) is 0 Å². The highest BCUT2D eigenvalue weighted by Crippen LogP contribution is 2.28. The summed E-state index contributed by atoms with van der Waals surface area (Å²) in [4.78, 5) is 0. The van der Waals surface area contributed by atoms with E-state index in [0.29, 0.717) is 0 Å². The average molecular weight is 211 g/mol. The lowest BCUT2D eigenvalue weighted by molar-refractivity contribution is 1.36. The number of hydrogen-bond donors (Lipinski definition) is 1. The van der Waals surface area contributed by atoms with Crippen LogP contribution in [-0.2, 0) is 0 Å². The van der Waals surface area contributed by atoms with Crippen molar-refractivity contribution in [2.24, 2.45) is 0 Å². The van der Waals surface area contributed by atoms with E-state index in [1.165, 1.54) is 27.8 Å². The van der Waals surface area contributed by atoms with Crippen LogP contribution in [0.1, 0.15) is 16.7 Å². The van der Waals surface area contributed by atoms with Crippen molar-refractivity contribution in [2.45, 2.75) is 20.8 Å². The van der Waals surface area contributed by atoms with Crippen molar-refractivity contribution in [1.82, 2.24) is 0 Å². The van der Waals surface area contributed by atoms with Crippen molar-refractivity contribution in [3.05, 3.63) is 53.1 Å². The Morgan fingerprint density at radius 3 is 1.88 bits per heavy atom. The zero-order chi connectivity index (χ0) is 11.7. The van der Waals surface area contributed by atoms with Gasteiger partial charge in [-0.25, -0.2) is 0 Å². The number of nitrogen functional groups attached to an aromatic ring is 1. The Morgan fingerprint density at radius 2 is 1.31 bits per heavy atom. The van der Waals surface area contributed by atoms with Gasteiger partial charge >= 0.3 is 0 Å². The minimum Gasteiger partial charge on any atom is -0.399 e. The molecule has 2 N–H and O–H groups in total. The average Bonchev–Trinajstić information content (AvgIpc) is 2.19. The molecule has 0 unspecified atom stereocenters. The molecule has 0 amide bonds. The first kappa shape index (κ1) is 10.7. The van der Waals surface area contributed by atoms with Gasteiger partial charge in [0.15, 0.2) is 0 Å². The normalized spacial score (nSPS) is 10.4. The Labute approximate surface area is 96.9 Å². The Hall–Kier alpha value is -1.76. The first-order valence-electron chi connectivity index (χ1n) is 5.51. The number of anilines is 1. The third-order valence-corrected chi connectivity index (χ3v) is 2.92. The molecule has 82 valence electrons. The highest BCUT2D eigenvalue weighted by molar-refractivity contribution is 5.72. The zero-order valence-corrected chi connectivity index (χ0v) is 10.0. The highest BCUT2D eigenvalue weighted by atomic mass is 14.5. The van der Waals surface area contributed by atoms with Gasteiger partial charge in [-0.05, 0) is 55.2 Å². The quantitative estimate of drug-likeness (QED) is 0.712.